The van der Waals surface area contributed by atoms with E-state index in [-0.39, 0.29) is 28.4 Å². The first-order valence-corrected chi connectivity index (χ1v) is 8.82. The molecular formula is C17H15N3O5S. The maximum Gasteiger partial charge on any atom is 0.271 e. The van der Waals surface area contributed by atoms with Gasteiger partial charge < -0.3 is 5.32 Å². The number of carbonyl (C=O) groups excluding carboxylic acids is 1. The summed E-state index contributed by atoms with van der Waals surface area (Å²) in [5, 5.41) is 13.4. The summed E-state index contributed by atoms with van der Waals surface area (Å²) >= 11 is 0. The lowest BCUT2D eigenvalue weighted by Crippen LogP contribution is -2.24. The molecule has 2 rings (SSSR count). The number of non-ortho nitro benzene ring substituents is 1. The number of benzene rings is 2. The number of hydrogen-bond acceptors (Lipinski definition) is 5. The average molecular weight is 373 g/mol. The normalized spacial score (nSPS) is 10.8. The molecule has 0 spiro atoms. The highest BCUT2D eigenvalue weighted by atomic mass is 32.2. The molecule has 0 saturated heterocycles. The first-order chi connectivity index (χ1) is 12.2. The number of terminal acetylenes is 1. The largest absolute Gasteiger partial charge is 0.321 e. The Hall–Kier alpha value is -3.22. The highest BCUT2D eigenvalue weighted by Gasteiger charge is 2.17. The zero-order valence-electron chi connectivity index (χ0n) is 13.7. The minimum atomic E-state index is -3.84. The van der Waals surface area contributed by atoms with Crippen LogP contribution in [0.2, 0.25) is 0 Å². The molecule has 9 heteroatoms. The summed E-state index contributed by atoms with van der Waals surface area (Å²) in [4.78, 5) is 22.6. The molecule has 0 aliphatic carbocycles. The van der Waals surface area contributed by atoms with Crippen LogP contribution in [0.15, 0.2) is 47.4 Å². The van der Waals surface area contributed by atoms with Crippen LogP contribution in [0.5, 0.6) is 0 Å². The minimum absolute atomic E-state index is 0.0829. The van der Waals surface area contributed by atoms with E-state index in [0.717, 1.165) is 0 Å². The molecule has 0 bridgehead atoms. The zero-order chi connectivity index (χ0) is 19.3. The fourth-order valence-corrected chi connectivity index (χ4v) is 3.06. The summed E-state index contributed by atoms with van der Waals surface area (Å²) in [5.74, 6) is 1.56. The Labute approximate surface area is 150 Å². The second-order valence-corrected chi connectivity index (χ2v) is 7.03. The number of nitrogens with one attached hydrogen (secondary N) is 2. The number of hydrogen-bond donors (Lipinski definition) is 2. The van der Waals surface area contributed by atoms with Crippen molar-refractivity contribution in [3.63, 3.8) is 0 Å². The molecule has 0 atom stereocenters. The van der Waals surface area contributed by atoms with Crippen LogP contribution in [0.25, 0.3) is 0 Å². The molecule has 0 aliphatic heterocycles. The fourth-order valence-electron chi connectivity index (χ4n) is 2.08. The Morgan fingerprint density at radius 3 is 2.65 bits per heavy atom. The van der Waals surface area contributed by atoms with E-state index < -0.39 is 20.9 Å². The van der Waals surface area contributed by atoms with Crippen LogP contribution in [0.3, 0.4) is 0 Å². The van der Waals surface area contributed by atoms with E-state index in [1.165, 1.54) is 42.5 Å². The van der Waals surface area contributed by atoms with Crippen molar-refractivity contribution in [1.82, 2.24) is 4.72 Å². The predicted octanol–water partition coefficient (Wildman–Crippen LogP) is 2.07. The summed E-state index contributed by atoms with van der Waals surface area (Å²) in [6.45, 7) is 1.51. The van der Waals surface area contributed by atoms with Crippen LogP contribution in [-0.4, -0.2) is 25.8 Å². The molecule has 2 aromatic carbocycles. The molecule has 8 nitrogen and oxygen atoms in total. The molecular weight excluding hydrogens is 358 g/mol. The van der Waals surface area contributed by atoms with Crippen LogP contribution in [0, 0.1) is 29.4 Å². The summed E-state index contributed by atoms with van der Waals surface area (Å²) in [7, 11) is -3.84. The SMILES string of the molecule is C#CCNS(=O)(=O)c1cccc(C(=O)Nc2cc([N+](=O)[O-])ccc2C)c1. The smallest absolute Gasteiger partial charge is 0.271 e. The number of carbonyl (C=O) groups is 1. The van der Waals surface area contributed by atoms with E-state index in [4.69, 9.17) is 6.42 Å². The lowest BCUT2D eigenvalue weighted by atomic mass is 10.1. The van der Waals surface area contributed by atoms with Crippen molar-refractivity contribution in [2.45, 2.75) is 11.8 Å². The summed E-state index contributed by atoms with van der Waals surface area (Å²) in [6, 6.07) is 9.45. The Morgan fingerprint density at radius 1 is 1.27 bits per heavy atom. The number of aryl methyl sites for hydroxylation is 1. The van der Waals surface area contributed by atoms with Crippen molar-refractivity contribution >= 4 is 27.3 Å². The van der Waals surface area contributed by atoms with Gasteiger partial charge in [0.25, 0.3) is 11.6 Å². The Balaban J connectivity index is 2.29. The van der Waals surface area contributed by atoms with Gasteiger partial charge >= 0.3 is 0 Å². The average Bonchev–Trinajstić information content (AvgIpc) is 2.61. The molecule has 0 unspecified atom stereocenters. The maximum absolute atomic E-state index is 12.4. The van der Waals surface area contributed by atoms with Gasteiger partial charge in [0.05, 0.1) is 22.1 Å². The number of sulfonamides is 1. The number of rotatable bonds is 6. The number of nitrogens with zero attached hydrogens (tertiary/aromatic N) is 1. The van der Waals surface area contributed by atoms with E-state index in [1.54, 1.807) is 6.92 Å². The third-order valence-electron chi connectivity index (χ3n) is 3.45. The van der Waals surface area contributed by atoms with E-state index in [9.17, 15) is 23.3 Å². The monoisotopic (exact) mass is 373 g/mol. The number of anilines is 1. The van der Waals surface area contributed by atoms with Crippen molar-refractivity contribution in [1.29, 1.82) is 0 Å². The first-order valence-electron chi connectivity index (χ1n) is 7.34. The van der Waals surface area contributed by atoms with Crippen LogP contribution in [0.1, 0.15) is 15.9 Å². The molecule has 134 valence electrons. The molecule has 0 aliphatic rings. The summed E-state index contributed by atoms with van der Waals surface area (Å²) < 4.78 is 26.4. The van der Waals surface area contributed by atoms with Crippen molar-refractivity contribution in [3.8, 4) is 12.3 Å². The van der Waals surface area contributed by atoms with E-state index in [0.29, 0.717) is 5.56 Å². The highest BCUT2D eigenvalue weighted by Crippen LogP contribution is 2.22. The van der Waals surface area contributed by atoms with E-state index >= 15 is 0 Å². The van der Waals surface area contributed by atoms with Crippen molar-refractivity contribution in [3.05, 3.63) is 63.7 Å². The van der Waals surface area contributed by atoms with Crippen molar-refractivity contribution in [2.75, 3.05) is 11.9 Å². The van der Waals surface area contributed by atoms with Gasteiger partial charge in [-0.1, -0.05) is 18.1 Å². The van der Waals surface area contributed by atoms with Gasteiger partial charge in [-0.15, -0.1) is 6.42 Å². The maximum atomic E-state index is 12.4. The first kappa shape index (κ1) is 19.1. The Kier molecular flexibility index (Phi) is 5.71. The molecule has 0 fully saturated rings. The van der Waals surface area contributed by atoms with Crippen molar-refractivity contribution < 1.29 is 18.1 Å². The van der Waals surface area contributed by atoms with Gasteiger partial charge in [-0.25, -0.2) is 8.42 Å². The van der Waals surface area contributed by atoms with Gasteiger partial charge in [0.1, 0.15) is 0 Å². The number of nitro groups is 1. The minimum Gasteiger partial charge on any atom is -0.321 e. The molecule has 2 N–H and O–H groups in total. The Morgan fingerprint density at radius 2 is 2.00 bits per heavy atom. The van der Waals surface area contributed by atoms with Crippen LogP contribution in [-0.2, 0) is 10.0 Å². The second kappa shape index (κ2) is 7.77. The summed E-state index contributed by atoms with van der Waals surface area (Å²) in [5.41, 5.74) is 0.812. The molecule has 0 saturated carbocycles. The van der Waals surface area contributed by atoms with Crippen LogP contribution >= 0.6 is 0 Å². The van der Waals surface area contributed by atoms with Gasteiger partial charge in [-0.05, 0) is 30.7 Å². The van der Waals surface area contributed by atoms with Gasteiger partial charge in [-0.3, -0.25) is 14.9 Å². The zero-order valence-corrected chi connectivity index (χ0v) is 14.5. The molecule has 0 radical (unpaired) electrons. The van der Waals surface area contributed by atoms with Crippen molar-refractivity contribution in [2.24, 2.45) is 0 Å². The topological polar surface area (TPSA) is 118 Å². The molecule has 0 heterocycles. The molecule has 1 amide bonds. The molecule has 2 aromatic rings. The third-order valence-corrected chi connectivity index (χ3v) is 4.85. The van der Waals surface area contributed by atoms with Gasteiger partial charge in [0, 0.05) is 17.7 Å². The van der Waals surface area contributed by atoms with Gasteiger partial charge in [0.2, 0.25) is 10.0 Å². The lowest BCUT2D eigenvalue weighted by molar-refractivity contribution is -0.384. The quantitative estimate of drug-likeness (QED) is 0.456. The lowest BCUT2D eigenvalue weighted by Gasteiger charge is -2.10. The second-order valence-electron chi connectivity index (χ2n) is 5.27. The number of nitro benzene ring substituents is 1. The highest BCUT2D eigenvalue weighted by molar-refractivity contribution is 7.89. The van der Waals surface area contributed by atoms with Gasteiger partial charge in [0.15, 0.2) is 0 Å². The predicted molar refractivity (Wildman–Crippen MR) is 96.3 cm³/mol. The van der Waals surface area contributed by atoms with E-state index in [2.05, 4.69) is 16.0 Å². The number of amides is 1. The molecule has 26 heavy (non-hydrogen) atoms. The standard InChI is InChI=1S/C17H15N3O5S/c1-3-9-18-26(24,25)15-6-4-5-13(10-15)17(21)19-16-11-14(20(22)23)8-7-12(16)2/h1,4-8,10-11,18H,9H2,2H3,(H,19,21). The third kappa shape index (κ3) is 4.44. The Bertz CT molecular complexity index is 1010. The molecule has 0 aromatic heterocycles. The van der Waals surface area contributed by atoms with Gasteiger partial charge in [-0.2, -0.15) is 4.72 Å². The summed E-state index contributed by atoms with van der Waals surface area (Å²) in [6.07, 6.45) is 5.04. The van der Waals surface area contributed by atoms with Crippen LogP contribution < -0.4 is 10.0 Å². The van der Waals surface area contributed by atoms with E-state index in [1.807, 2.05) is 0 Å². The van der Waals surface area contributed by atoms with Crippen LogP contribution in [0.4, 0.5) is 11.4 Å². The fraction of sp³-hybridized carbons (Fsp3) is 0.118.